The van der Waals surface area contributed by atoms with Gasteiger partial charge in [-0.1, -0.05) is 42.5 Å². The molecule has 0 fully saturated rings. The number of carbonyl (C=O) groups excluding carboxylic acids is 1. The summed E-state index contributed by atoms with van der Waals surface area (Å²) < 4.78 is 35.4. The summed E-state index contributed by atoms with van der Waals surface area (Å²) in [7, 11) is -3.67. The Hall–Kier alpha value is -2.88. The van der Waals surface area contributed by atoms with Crippen LogP contribution in [0.15, 0.2) is 70.6 Å². The average molecular weight is 470 g/mol. The Morgan fingerprint density at radius 2 is 1.84 bits per heavy atom. The van der Waals surface area contributed by atoms with Crippen molar-refractivity contribution in [1.29, 1.82) is 0 Å². The molecule has 0 amide bonds. The molecule has 0 bridgehead atoms. The van der Waals surface area contributed by atoms with Crippen molar-refractivity contribution >= 4 is 44.2 Å². The normalized spacial score (nSPS) is 11.8. The van der Waals surface area contributed by atoms with Crippen LogP contribution in [0.3, 0.4) is 0 Å². The van der Waals surface area contributed by atoms with Gasteiger partial charge in [-0.05, 0) is 37.4 Å². The van der Waals surface area contributed by atoms with E-state index in [1.54, 1.807) is 36.4 Å². The topological polar surface area (TPSA) is 89.8 Å². The van der Waals surface area contributed by atoms with E-state index in [1.807, 2.05) is 42.5 Å². The Morgan fingerprint density at radius 3 is 2.66 bits per heavy atom. The Labute approximate surface area is 190 Å². The summed E-state index contributed by atoms with van der Waals surface area (Å²) in [6, 6.07) is 18.2. The average Bonchev–Trinajstić information content (AvgIpc) is 3.13. The van der Waals surface area contributed by atoms with Gasteiger partial charge in [0, 0.05) is 17.7 Å². The first-order chi connectivity index (χ1) is 15.4. The number of pyridine rings is 1. The molecule has 4 rings (SSSR count). The number of imidazole rings is 1. The molecule has 0 saturated heterocycles. The number of aryl methyl sites for hydroxylation is 1. The summed E-state index contributed by atoms with van der Waals surface area (Å²) in [4.78, 5) is 17.1. The van der Waals surface area contributed by atoms with Crippen LogP contribution in [0, 0.1) is 6.92 Å². The molecule has 0 saturated carbocycles. The van der Waals surface area contributed by atoms with Gasteiger partial charge in [0.1, 0.15) is 5.65 Å². The largest absolute Gasteiger partial charge is 0.461 e. The first kappa shape index (κ1) is 22.3. The molecule has 166 valence electrons. The fourth-order valence-corrected chi connectivity index (χ4v) is 5.86. The minimum atomic E-state index is -3.67. The fraction of sp³-hybridized carbons (Fsp3) is 0.217. The number of ether oxygens (including phenoxy) is 1. The molecular weight excluding hydrogens is 446 g/mol. The predicted octanol–water partition coefficient (Wildman–Crippen LogP) is 4.04. The number of benzene rings is 2. The second kappa shape index (κ2) is 9.32. The number of hydrogen-bond acceptors (Lipinski definition) is 6. The summed E-state index contributed by atoms with van der Waals surface area (Å²) in [6.45, 7) is 4.03. The molecule has 2 heterocycles. The molecule has 1 N–H and O–H groups in total. The van der Waals surface area contributed by atoms with E-state index >= 15 is 0 Å². The zero-order chi connectivity index (χ0) is 22.7. The number of thioether (sulfide) groups is 1. The maximum atomic E-state index is 12.9. The molecule has 0 aliphatic carbocycles. The molecule has 0 spiro atoms. The Bertz CT molecular complexity index is 1390. The third-order valence-electron chi connectivity index (χ3n) is 4.93. The van der Waals surface area contributed by atoms with E-state index in [0.29, 0.717) is 28.2 Å². The van der Waals surface area contributed by atoms with Gasteiger partial charge >= 0.3 is 5.97 Å². The molecule has 9 heteroatoms. The highest BCUT2D eigenvalue weighted by atomic mass is 32.2. The van der Waals surface area contributed by atoms with Gasteiger partial charge in [-0.2, -0.15) is 0 Å². The molecule has 0 radical (unpaired) electrons. The molecule has 2 aromatic carbocycles. The number of nitrogens with one attached hydrogen (secondary N) is 1. The third-order valence-corrected chi connectivity index (χ3v) is 7.48. The van der Waals surface area contributed by atoms with E-state index in [9.17, 15) is 13.2 Å². The lowest BCUT2D eigenvalue weighted by Crippen LogP contribution is -2.26. The van der Waals surface area contributed by atoms with Crippen LogP contribution in [-0.4, -0.2) is 42.7 Å². The second-order valence-electron chi connectivity index (χ2n) is 7.05. The van der Waals surface area contributed by atoms with Crippen LogP contribution in [0.25, 0.3) is 16.4 Å². The van der Waals surface area contributed by atoms with Crippen LogP contribution in [0.1, 0.15) is 23.1 Å². The Morgan fingerprint density at radius 1 is 1.09 bits per heavy atom. The highest BCUT2D eigenvalue weighted by Gasteiger charge is 2.20. The van der Waals surface area contributed by atoms with Crippen molar-refractivity contribution in [1.82, 2.24) is 14.1 Å². The molecule has 32 heavy (non-hydrogen) atoms. The van der Waals surface area contributed by atoms with E-state index in [2.05, 4.69) is 9.71 Å². The second-order valence-corrected chi connectivity index (χ2v) is 9.90. The molecule has 4 aromatic rings. The van der Waals surface area contributed by atoms with Crippen molar-refractivity contribution in [3.05, 3.63) is 72.1 Å². The van der Waals surface area contributed by atoms with Crippen molar-refractivity contribution in [3.8, 4) is 0 Å². The Kier molecular flexibility index (Phi) is 6.50. The van der Waals surface area contributed by atoms with Crippen molar-refractivity contribution in [2.45, 2.75) is 23.8 Å². The lowest BCUT2D eigenvalue weighted by molar-refractivity contribution is 0.0516. The van der Waals surface area contributed by atoms with Gasteiger partial charge in [0.2, 0.25) is 10.0 Å². The number of nitrogens with zero attached hydrogens (tertiary/aromatic N) is 2. The molecule has 7 nitrogen and oxygen atoms in total. The van der Waals surface area contributed by atoms with Crippen molar-refractivity contribution in [3.63, 3.8) is 0 Å². The molecule has 0 unspecified atom stereocenters. The SMILES string of the molecule is CCOC(=O)c1c(C)nc2cccc(SCCNS(=O)(=O)c3cccc4ccccc34)n12. The zero-order valence-corrected chi connectivity index (χ0v) is 19.4. The summed E-state index contributed by atoms with van der Waals surface area (Å²) in [5, 5.41) is 2.35. The number of hydrogen-bond donors (Lipinski definition) is 1. The van der Waals surface area contributed by atoms with E-state index < -0.39 is 16.0 Å². The number of carbonyl (C=O) groups is 1. The maximum absolute atomic E-state index is 12.9. The molecular formula is C23H23N3O4S2. The van der Waals surface area contributed by atoms with Gasteiger partial charge in [-0.15, -0.1) is 11.8 Å². The van der Waals surface area contributed by atoms with Crippen molar-refractivity contribution < 1.29 is 17.9 Å². The van der Waals surface area contributed by atoms with Gasteiger partial charge in [0.25, 0.3) is 0 Å². The van der Waals surface area contributed by atoms with Crippen LogP contribution in [0.2, 0.25) is 0 Å². The number of sulfonamides is 1. The summed E-state index contributed by atoms with van der Waals surface area (Å²) >= 11 is 1.44. The number of rotatable bonds is 8. The summed E-state index contributed by atoms with van der Waals surface area (Å²) in [5.41, 5.74) is 1.63. The van der Waals surface area contributed by atoms with Crippen LogP contribution < -0.4 is 4.72 Å². The van der Waals surface area contributed by atoms with Crippen LogP contribution in [0.5, 0.6) is 0 Å². The standard InChI is InChI=1S/C23H23N3O4S2/c1-3-30-23(27)22-16(2)25-20-12-7-13-21(26(20)22)31-15-14-24-32(28,29)19-11-6-9-17-8-4-5-10-18(17)19/h4-13,24H,3,14-15H2,1-2H3. The van der Waals surface area contributed by atoms with E-state index in [4.69, 9.17) is 4.74 Å². The van der Waals surface area contributed by atoms with Crippen molar-refractivity contribution in [2.75, 3.05) is 18.9 Å². The van der Waals surface area contributed by atoms with Gasteiger partial charge in [0.05, 0.1) is 22.2 Å². The summed E-state index contributed by atoms with van der Waals surface area (Å²) in [6.07, 6.45) is 0. The molecule has 0 aliphatic rings. The number of esters is 1. The highest BCUT2D eigenvalue weighted by Crippen LogP contribution is 2.25. The third kappa shape index (κ3) is 4.36. The van der Waals surface area contributed by atoms with Crippen LogP contribution in [-0.2, 0) is 14.8 Å². The van der Waals surface area contributed by atoms with Gasteiger partial charge < -0.3 is 4.74 Å². The zero-order valence-electron chi connectivity index (χ0n) is 17.7. The maximum Gasteiger partial charge on any atom is 0.357 e. The van der Waals surface area contributed by atoms with Crippen LogP contribution in [0.4, 0.5) is 0 Å². The van der Waals surface area contributed by atoms with E-state index in [0.717, 1.165) is 10.4 Å². The quantitative estimate of drug-likeness (QED) is 0.238. The lowest BCUT2D eigenvalue weighted by Gasteiger charge is -2.11. The van der Waals surface area contributed by atoms with Gasteiger partial charge in [0.15, 0.2) is 5.69 Å². The van der Waals surface area contributed by atoms with Crippen LogP contribution >= 0.6 is 11.8 Å². The smallest absolute Gasteiger partial charge is 0.357 e. The first-order valence-corrected chi connectivity index (χ1v) is 12.6. The van der Waals surface area contributed by atoms with E-state index in [-0.39, 0.29) is 18.0 Å². The monoisotopic (exact) mass is 469 g/mol. The molecule has 2 aromatic heterocycles. The first-order valence-electron chi connectivity index (χ1n) is 10.2. The molecule has 0 atom stereocenters. The number of fused-ring (bicyclic) bond motifs is 2. The Balaban J connectivity index is 1.51. The van der Waals surface area contributed by atoms with Gasteiger partial charge in [-0.25, -0.2) is 22.9 Å². The summed E-state index contributed by atoms with van der Waals surface area (Å²) in [5.74, 6) is 0.0463. The minimum absolute atomic E-state index is 0.231. The minimum Gasteiger partial charge on any atom is -0.461 e. The fourth-order valence-electron chi connectivity index (χ4n) is 3.57. The van der Waals surface area contributed by atoms with Gasteiger partial charge in [-0.3, -0.25) is 4.40 Å². The predicted molar refractivity (Wildman–Crippen MR) is 126 cm³/mol. The van der Waals surface area contributed by atoms with E-state index in [1.165, 1.54) is 11.8 Å². The lowest BCUT2D eigenvalue weighted by atomic mass is 10.1. The highest BCUT2D eigenvalue weighted by molar-refractivity contribution is 7.99. The number of aromatic nitrogens is 2. The molecule has 0 aliphatic heterocycles. The van der Waals surface area contributed by atoms with Crippen molar-refractivity contribution in [2.24, 2.45) is 0 Å².